The van der Waals surface area contributed by atoms with Gasteiger partial charge < -0.3 is 14.5 Å². The van der Waals surface area contributed by atoms with Gasteiger partial charge >= 0.3 is 6.03 Å². The van der Waals surface area contributed by atoms with Crippen molar-refractivity contribution in [3.63, 3.8) is 0 Å². The molecule has 0 bridgehead atoms. The molecular formula is C24H36N4O2. The van der Waals surface area contributed by atoms with Crippen molar-refractivity contribution in [2.75, 3.05) is 47.4 Å². The number of carbonyl (C=O) groups excluding carboxylic acids is 1. The first-order chi connectivity index (χ1) is 14.2. The van der Waals surface area contributed by atoms with Crippen LogP contribution in [0.3, 0.4) is 0 Å². The molecule has 1 aliphatic carbocycles. The van der Waals surface area contributed by atoms with E-state index < -0.39 is 5.41 Å². The zero-order chi connectivity index (χ0) is 22.0. The first-order valence-corrected chi connectivity index (χ1v) is 10.9. The molecule has 1 saturated carbocycles. The van der Waals surface area contributed by atoms with Crippen LogP contribution in [-0.2, 0) is 10.3 Å². The lowest BCUT2D eigenvalue weighted by Crippen LogP contribution is -2.56. The van der Waals surface area contributed by atoms with E-state index in [0.29, 0.717) is 26.2 Å². The lowest BCUT2D eigenvalue weighted by molar-refractivity contribution is 0.0174. The Hall–Kier alpha value is -2.10. The first kappa shape index (κ1) is 22.6. The van der Waals surface area contributed by atoms with Crippen molar-refractivity contribution in [2.24, 2.45) is 5.41 Å². The van der Waals surface area contributed by atoms with Crippen molar-refractivity contribution in [2.45, 2.75) is 50.6 Å². The van der Waals surface area contributed by atoms with Gasteiger partial charge in [-0.1, -0.05) is 30.3 Å². The Kier molecular flexibility index (Phi) is 6.45. The third-order valence-electron chi connectivity index (χ3n) is 7.14. The molecule has 2 aliphatic rings. The van der Waals surface area contributed by atoms with Crippen molar-refractivity contribution >= 4 is 6.03 Å². The minimum absolute atomic E-state index is 0.0121. The van der Waals surface area contributed by atoms with Crippen LogP contribution in [0.4, 0.5) is 4.79 Å². The Morgan fingerprint density at radius 1 is 1.17 bits per heavy atom. The van der Waals surface area contributed by atoms with E-state index in [0.717, 1.165) is 25.7 Å². The van der Waals surface area contributed by atoms with Gasteiger partial charge in [-0.25, -0.2) is 4.79 Å². The predicted molar refractivity (Wildman–Crippen MR) is 118 cm³/mol. The average molecular weight is 413 g/mol. The molecule has 6 nitrogen and oxygen atoms in total. The van der Waals surface area contributed by atoms with Crippen molar-refractivity contribution in [3.8, 4) is 6.07 Å². The van der Waals surface area contributed by atoms with Gasteiger partial charge in [-0.05, 0) is 59.2 Å². The van der Waals surface area contributed by atoms with Gasteiger partial charge in [-0.3, -0.25) is 4.90 Å². The van der Waals surface area contributed by atoms with Gasteiger partial charge in [-0.15, -0.1) is 0 Å². The van der Waals surface area contributed by atoms with E-state index in [2.05, 4.69) is 55.4 Å². The summed E-state index contributed by atoms with van der Waals surface area (Å²) in [5.74, 6) is 0. The van der Waals surface area contributed by atoms with E-state index in [1.807, 2.05) is 23.6 Å². The number of hydrogen-bond donors (Lipinski definition) is 0. The van der Waals surface area contributed by atoms with Crippen LogP contribution in [0.25, 0.3) is 0 Å². The molecule has 1 aliphatic heterocycles. The summed E-state index contributed by atoms with van der Waals surface area (Å²) in [6.45, 7) is 6.08. The second kappa shape index (κ2) is 8.56. The Bertz CT molecular complexity index is 776. The fourth-order valence-electron chi connectivity index (χ4n) is 5.33. The molecule has 3 rings (SSSR count). The quantitative estimate of drug-likeness (QED) is 0.685. The molecule has 0 unspecified atom stereocenters. The van der Waals surface area contributed by atoms with Gasteiger partial charge in [0.05, 0.1) is 23.6 Å². The largest absolute Gasteiger partial charge is 0.383 e. The smallest absolute Gasteiger partial charge is 0.320 e. The van der Waals surface area contributed by atoms with E-state index in [4.69, 9.17) is 4.74 Å². The summed E-state index contributed by atoms with van der Waals surface area (Å²) in [6, 6.07) is 13.1. The van der Waals surface area contributed by atoms with Crippen LogP contribution in [-0.4, -0.2) is 73.7 Å². The Balaban J connectivity index is 1.87. The monoisotopic (exact) mass is 412 g/mol. The molecule has 30 heavy (non-hydrogen) atoms. The Labute approximate surface area is 181 Å². The lowest BCUT2D eigenvalue weighted by Gasteiger charge is -2.51. The number of methoxy groups -OCH3 is 1. The van der Waals surface area contributed by atoms with Crippen LogP contribution >= 0.6 is 0 Å². The van der Waals surface area contributed by atoms with Gasteiger partial charge in [0.1, 0.15) is 0 Å². The van der Waals surface area contributed by atoms with Crippen LogP contribution in [0, 0.1) is 16.7 Å². The number of carbonyl (C=O) groups is 1. The average Bonchev–Trinajstić information content (AvgIpc) is 2.97. The Morgan fingerprint density at radius 3 is 2.33 bits per heavy atom. The molecule has 2 fully saturated rings. The highest BCUT2D eigenvalue weighted by atomic mass is 16.5. The normalized spacial score (nSPS) is 27.2. The van der Waals surface area contributed by atoms with Crippen molar-refractivity contribution < 1.29 is 9.53 Å². The molecular weight excluding hydrogens is 376 g/mol. The molecule has 1 aromatic rings. The van der Waals surface area contributed by atoms with Crippen LogP contribution in [0.2, 0.25) is 0 Å². The van der Waals surface area contributed by atoms with Gasteiger partial charge in [0.15, 0.2) is 0 Å². The highest BCUT2D eigenvalue weighted by molar-refractivity contribution is 5.78. The molecule has 1 spiro atoms. The molecule has 0 N–H and O–H groups in total. The van der Waals surface area contributed by atoms with Crippen LogP contribution < -0.4 is 0 Å². The summed E-state index contributed by atoms with van der Waals surface area (Å²) in [4.78, 5) is 19.6. The number of urea groups is 1. The highest BCUT2D eigenvalue weighted by Crippen LogP contribution is 2.49. The summed E-state index contributed by atoms with van der Waals surface area (Å²) in [5.41, 5.74) is 0.595. The summed E-state index contributed by atoms with van der Waals surface area (Å²) < 4.78 is 5.32. The molecule has 0 radical (unpaired) electrons. The second-order valence-electron chi connectivity index (χ2n) is 9.80. The van der Waals surface area contributed by atoms with Gasteiger partial charge in [-0.2, -0.15) is 5.26 Å². The zero-order valence-corrected chi connectivity index (χ0v) is 19.1. The SMILES string of the molecule is COCCN1C(=O)N(CC(C)(C)C#N)C[C@]12CC[C@](c1ccccc1)(N(C)C)CC2. The molecule has 1 saturated heterocycles. The number of rotatable bonds is 7. The highest BCUT2D eigenvalue weighted by Gasteiger charge is 2.54. The number of benzene rings is 1. The van der Waals surface area contributed by atoms with Crippen molar-refractivity contribution in [1.29, 1.82) is 5.26 Å². The summed E-state index contributed by atoms with van der Waals surface area (Å²) in [7, 11) is 6.00. The van der Waals surface area contributed by atoms with Crippen molar-refractivity contribution in [3.05, 3.63) is 35.9 Å². The summed E-state index contributed by atoms with van der Waals surface area (Å²) >= 11 is 0. The number of hydrogen-bond acceptors (Lipinski definition) is 4. The molecule has 1 aromatic carbocycles. The topological polar surface area (TPSA) is 59.8 Å². The molecule has 6 heteroatoms. The van der Waals surface area contributed by atoms with E-state index in [1.165, 1.54) is 5.56 Å². The van der Waals surface area contributed by atoms with Gasteiger partial charge in [0, 0.05) is 32.3 Å². The molecule has 164 valence electrons. The summed E-state index contributed by atoms with van der Waals surface area (Å²) in [6.07, 6.45) is 3.88. The minimum Gasteiger partial charge on any atom is -0.383 e. The number of nitriles is 1. The predicted octanol–water partition coefficient (Wildman–Crippen LogP) is 3.69. The van der Waals surface area contributed by atoms with E-state index in [9.17, 15) is 10.1 Å². The van der Waals surface area contributed by atoms with Gasteiger partial charge in [0.2, 0.25) is 0 Å². The molecule has 1 heterocycles. The lowest BCUT2D eigenvalue weighted by atomic mass is 9.68. The fourth-order valence-corrected chi connectivity index (χ4v) is 5.33. The number of amides is 2. The van der Waals surface area contributed by atoms with Gasteiger partial charge in [0.25, 0.3) is 0 Å². The van der Waals surface area contributed by atoms with E-state index >= 15 is 0 Å². The fraction of sp³-hybridized carbons (Fsp3) is 0.667. The molecule has 0 atom stereocenters. The standard InChI is InChI=1S/C24H36N4O2/c1-22(2,17-25)18-27-19-23(28(21(27)29)15-16-30-5)11-13-24(14-12-23,26(3)4)20-9-7-6-8-10-20/h6-10H,11-16,18-19H2,1-5H3/t23-,24+. The van der Waals surface area contributed by atoms with Crippen LogP contribution in [0.1, 0.15) is 45.1 Å². The molecule has 0 aromatic heterocycles. The minimum atomic E-state index is -0.555. The maximum Gasteiger partial charge on any atom is 0.320 e. The maximum absolute atomic E-state index is 13.3. The van der Waals surface area contributed by atoms with Crippen LogP contribution in [0.15, 0.2) is 30.3 Å². The van der Waals surface area contributed by atoms with Crippen molar-refractivity contribution in [1.82, 2.24) is 14.7 Å². The number of nitrogens with zero attached hydrogens (tertiary/aromatic N) is 4. The zero-order valence-electron chi connectivity index (χ0n) is 19.1. The third kappa shape index (κ3) is 4.06. The van der Waals surface area contributed by atoms with E-state index in [-0.39, 0.29) is 17.1 Å². The maximum atomic E-state index is 13.3. The third-order valence-corrected chi connectivity index (χ3v) is 7.14. The van der Waals surface area contributed by atoms with E-state index in [1.54, 1.807) is 7.11 Å². The second-order valence-corrected chi connectivity index (χ2v) is 9.80. The summed E-state index contributed by atoms with van der Waals surface area (Å²) in [5, 5.41) is 9.48. The first-order valence-electron chi connectivity index (χ1n) is 10.9. The molecule has 2 amide bonds. The van der Waals surface area contributed by atoms with Crippen LogP contribution in [0.5, 0.6) is 0 Å². The number of ether oxygens (including phenoxy) is 1. The Morgan fingerprint density at radius 2 is 1.80 bits per heavy atom.